The Bertz CT molecular complexity index is 943. The third kappa shape index (κ3) is 4.80. The molecule has 2 aliphatic carbocycles. The Morgan fingerprint density at radius 3 is 2.74 bits per heavy atom. The first kappa shape index (κ1) is 20.2. The summed E-state index contributed by atoms with van der Waals surface area (Å²) >= 11 is 0. The maximum absolute atomic E-state index is 11.8. The van der Waals surface area contributed by atoms with E-state index in [1.54, 1.807) is 31.0 Å². The van der Waals surface area contributed by atoms with Gasteiger partial charge in [-0.15, -0.1) is 5.10 Å². The molecule has 2 aromatic rings. The minimum Gasteiger partial charge on any atom is -0.488 e. The van der Waals surface area contributed by atoms with Crippen LogP contribution in [0.4, 0.5) is 0 Å². The van der Waals surface area contributed by atoms with Gasteiger partial charge in [-0.2, -0.15) is 0 Å². The molecule has 31 heavy (non-hydrogen) atoms. The quantitative estimate of drug-likeness (QED) is 0.622. The molecule has 10 nitrogen and oxygen atoms in total. The summed E-state index contributed by atoms with van der Waals surface area (Å²) < 4.78 is 25.0. The van der Waals surface area contributed by atoms with Crippen LogP contribution >= 0.6 is 0 Å². The second-order valence-electron chi connectivity index (χ2n) is 8.79. The third-order valence-electron chi connectivity index (χ3n) is 5.73. The predicted octanol–water partition coefficient (Wildman–Crippen LogP) is 1.50. The van der Waals surface area contributed by atoms with Gasteiger partial charge in [0.25, 0.3) is 5.91 Å². The highest BCUT2D eigenvalue weighted by atomic mass is 16.7. The molecule has 0 aromatic carbocycles. The van der Waals surface area contributed by atoms with Crippen LogP contribution in [0.3, 0.4) is 0 Å². The minimum atomic E-state index is -0.319. The maximum Gasteiger partial charge on any atom is 0.259 e. The number of hydrogen-bond donors (Lipinski definition) is 0. The van der Waals surface area contributed by atoms with Crippen LogP contribution in [0.2, 0.25) is 0 Å². The van der Waals surface area contributed by atoms with Gasteiger partial charge in [0.05, 0.1) is 38.3 Å². The summed E-state index contributed by atoms with van der Waals surface area (Å²) in [7, 11) is 3.37. The van der Waals surface area contributed by atoms with Gasteiger partial charge >= 0.3 is 0 Å². The van der Waals surface area contributed by atoms with Crippen molar-refractivity contribution in [2.75, 3.05) is 33.9 Å². The lowest BCUT2D eigenvalue weighted by molar-refractivity contribution is -0.213. The van der Waals surface area contributed by atoms with Gasteiger partial charge in [0.15, 0.2) is 18.6 Å². The van der Waals surface area contributed by atoms with Crippen molar-refractivity contribution in [3.63, 3.8) is 0 Å². The first-order valence-electron chi connectivity index (χ1n) is 10.6. The first-order chi connectivity index (χ1) is 15.0. The SMILES string of the molecule is CN(C)C(=O)COc1cnc(-c2cn(CC3OCC4(CC4)CO3)nn2)c(OC2CC2)c1. The molecular formula is C21H27N5O5. The monoisotopic (exact) mass is 429 g/mol. The molecule has 1 spiro atoms. The third-order valence-corrected chi connectivity index (χ3v) is 5.73. The summed E-state index contributed by atoms with van der Waals surface area (Å²) in [5, 5.41) is 8.47. The van der Waals surface area contributed by atoms with Gasteiger partial charge in [0, 0.05) is 25.6 Å². The van der Waals surface area contributed by atoms with Gasteiger partial charge in [-0.05, 0) is 25.7 Å². The molecule has 2 aromatic heterocycles. The van der Waals surface area contributed by atoms with E-state index >= 15 is 0 Å². The van der Waals surface area contributed by atoms with Gasteiger partial charge in [-0.1, -0.05) is 5.21 Å². The number of hydrogen-bond acceptors (Lipinski definition) is 8. The predicted molar refractivity (Wildman–Crippen MR) is 108 cm³/mol. The molecule has 2 saturated carbocycles. The smallest absolute Gasteiger partial charge is 0.259 e. The van der Waals surface area contributed by atoms with E-state index in [0.717, 1.165) is 26.1 Å². The number of ether oxygens (including phenoxy) is 4. The highest BCUT2D eigenvalue weighted by Gasteiger charge is 2.47. The lowest BCUT2D eigenvalue weighted by Gasteiger charge is -2.29. The summed E-state index contributed by atoms with van der Waals surface area (Å²) in [6, 6.07) is 1.76. The Balaban J connectivity index is 1.27. The molecule has 1 aliphatic heterocycles. The number of pyridine rings is 1. The van der Waals surface area contributed by atoms with Crippen molar-refractivity contribution in [2.24, 2.45) is 5.41 Å². The Kier molecular flexibility index (Phi) is 5.27. The number of carbonyl (C=O) groups excluding carboxylic acids is 1. The number of nitrogens with zero attached hydrogens (tertiary/aromatic N) is 5. The van der Waals surface area contributed by atoms with Crippen LogP contribution in [0.5, 0.6) is 11.5 Å². The molecule has 0 radical (unpaired) electrons. The summed E-state index contributed by atoms with van der Waals surface area (Å²) in [6.45, 7) is 1.90. The number of rotatable bonds is 8. The van der Waals surface area contributed by atoms with Crippen LogP contribution in [0.15, 0.2) is 18.5 Å². The molecule has 166 valence electrons. The molecule has 3 fully saturated rings. The zero-order valence-electron chi connectivity index (χ0n) is 17.8. The summed E-state index contributed by atoms with van der Waals surface area (Å²) in [6.07, 6.45) is 7.62. The normalized spacial score (nSPS) is 19.9. The highest BCUT2D eigenvalue weighted by Crippen LogP contribution is 2.48. The number of aromatic nitrogens is 4. The molecular weight excluding hydrogens is 402 g/mol. The Hall–Kier alpha value is -2.72. The van der Waals surface area contributed by atoms with E-state index in [0.29, 0.717) is 29.4 Å². The van der Waals surface area contributed by atoms with E-state index < -0.39 is 0 Å². The van der Waals surface area contributed by atoms with Crippen molar-refractivity contribution in [3.05, 3.63) is 18.5 Å². The molecule has 5 rings (SSSR count). The van der Waals surface area contributed by atoms with E-state index in [9.17, 15) is 4.79 Å². The van der Waals surface area contributed by atoms with Gasteiger partial charge < -0.3 is 23.8 Å². The van der Waals surface area contributed by atoms with Gasteiger partial charge in [0.2, 0.25) is 0 Å². The average molecular weight is 429 g/mol. The highest BCUT2D eigenvalue weighted by molar-refractivity contribution is 5.77. The molecule has 0 atom stereocenters. The molecule has 1 saturated heterocycles. The standard InChI is InChI=1S/C21H27N5O5/c1-25(2)18(27)11-28-15-7-17(31-14-3-4-14)20(22-8-15)16-9-26(24-23-16)10-19-29-12-21(5-6-21)13-30-19/h7-9,14,19H,3-6,10-13H2,1-2H3. The van der Waals surface area contributed by atoms with Crippen molar-refractivity contribution >= 4 is 5.91 Å². The van der Waals surface area contributed by atoms with Crippen LogP contribution in [-0.4, -0.2) is 77.1 Å². The van der Waals surface area contributed by atoms with E-state index in [4.69, 9.17) is 18.9 Å². The fourth-order valence-electron chi connectivity index (χ4n) is 3.28. The lowest BCUT2D eigenvalue weighted by Crippen LogP contribution is -2.36. The number of amides is 1. The van der Waals surface area contributed by atoms with Gasteiger partial charge in [0.1, 0.15) is 17.1 Å². The van der Waals surface area contributed by atoms with Crippen molar-refractivity contribution in [3.8, 4) is 22.9 Å². The van der Waals surface area contributed by atoms with Crippen molar-refractivity contribution in [1.82, 2.24) is 24.9 Å². The fourth-order valence-corrected chi connectivity index (χ4v) is 3.28. The molecule has 10 heteroatoms. The largest absolute Gasteiger partial charge is 0.488 e. The second-order valence-corrected chi connectivity index (χ2v) is 8.79. The van der Waals surface area contributed by atoms with Crippen LogP contribution < -0.4 is 9.47 Å². The average Bonchev–Trinajstić information content (AvgIpc) is 3.68. The summed E-state index contributed by atoms with van der Waals surface area (Å²) in [4.78, 5) is 17.8. The zero-order chi connectivity index (χ0) is 21.4. The Labute approximate surface area is 180 Å². The Morgan fingerprint density at radius 2 is 2.06 bits per heavy atom. The Morgan fingerprint density at radius 1 is 1.29 bits per heavy atom. The van der Waals surface area contributed by atoms with E-state index in [1.807, 2.05) is 6.20 Å². The minimum absolute atomic E-state index is 0.0598. The topological polar surface area (TPSA) is 101 Å². The number of carbonyl (C=O) groups is 1. The van der Waals surface area contributed by atoms with Gasteiger partial charge in [-0.25, -0.2) is 9.67 Å². The van der Waals surface area contributed by atoms with Crippen molar-refractivity contribution in [2.45, 2.75) is 44.6 Å². The van der Waals surface area contributed by atoms with Crippen molar-refractivity contribution < 1.29 is 23.7 Å². The summed E-state index contributed by atoms with van der Waals surface area (Å²) in [5.41, 5.74) is 1.46. The molecule has 3 aliphatic rings. The summed E-state index contributed by atoms with van der Waals surface area (Å²) in [5.74, 6) is 0.918. The maximum atomic E-state index is 11.8. The molecule has 1 amide bonds. The first-order valence-corrected chi connectivity index (χ1v) is 10.6. The zero-order valence-corrected chi connectivity index (χ0v) is 17.8. The second kappa shape index (κ2) is 8.08. The van der Waals surface area contributed by atoms with Crippen LogP contribution in [0.25, 0.3) is 11.4 Å². The van der Waals surface area contributed by atoms with Crippen LogP contribution in [0.1, 0.15) is 25.7 Å². The van der Waals surface area contributed by atoms with Crippen molar-refractivity contribution in [1.29, 1.82) is 0 Å². The van der Waals surface area contributed by atoms with Gasteiger partial charge in [-0.3, -0.25) is 4.79 Å². The molecule has 0 N–H and O–H groups in total. The van der Waals surface area contributed by atoms with Crippen LogP contribution in [-0.2, 0) is 20.8 Å². The van der Waals surface area contributed by atoms with E-state index in [1.165, 1.54) is 17.7 Å². The molecule has 3 heterocycles. The molecule has 0 unspecified atom stereocenters. The number of likely N-dealkylation sites (N-methyl/N-ethyl adjacent to an activating group) is 1. The van der Waals surface area contributed by atoms with E-state index in [-0.39, 0.29) is 30.3 Å². The van der Waals surface area contributed by atoms with Crippen LogP contribution in [0, 0.1) is 5.41 Å². The van der Waals surface area contributed by atoms with E-state index in [2.05, 4.69) is 15.3 Å². The fraction of sp³-hybridized carbons (Fsp3) is 0.619. The molecule has 0 bridgehead atoms. The lowest BCUT2D eigenvalue weighted by atomic mass is 10.1.